The van der Waals surface area contributed by atoms with Crippen LogP contribution in [0.15, 0.2) is 63.7 Å². The highest BCUT2D eigenvalue weighted by Gasteiger charge is 2.10. The van der Waals surface area contributed by atoms with Crippen molar-refractivity contribution in [2.75, 3.05) is 17.2 Å². The molecule has 1 aliphatic heterocycles. The number of nitrogens with two attached hydrogens (primary N) is 1. The highest BCUT2D eigenvalue weighted by molar-refractivity contribution is 6.05. The molecule has 0 aliphatic carbocycles. The van der Waals surface area contributed by atoms with Crippen molar-refractivity contribution in [2.24, 2.45) is 20.9 Å². The number of urea groups is 1. The number of amidine groups is 1. The molecule has 1 heterocycles. The van der Waals surface area contributed by atoms with E-state index in [-0.39, 0.29) is 6.03 Å². The molecular formula is C21H24N6O. The number of hydrogen-bond donors (Lipinski definition) is 3. The second-order valence-corrected chi connectivity index (χ2v) is 6.60. The Labute approximate surface area is 164 Å². The fourth-order valence-corrected chi connectivity index (χ4v) is 2.88. The first kappa shape index (κ1) is 19.3. The smallest absolute Gasteiger partial charge is 0.323 e. The van der Waals surface area contributed by atoms with Crippen molar-refractivity contribution < 1.29 is 4.79 Å². The van der Waals surface area contributed by atoms with E-state index in [1.54, 1.807) is 6.92 Å². The molecule has 4 N–H and O–H groups in total. The van der Waals surface area contributed by atoms with Gasteiger partial charge in [0.15, 0.2) is 0 Å². The molecule has 3 rings (SSSR count). The normalized spacial score (nSPS) is 14.6. The zero-order valence-electron chi connectivity index (χ0n) is 16.1. The molecule has 0 unspecified atom stereocenters. The van der Waals surface area contributed by atoms with Gasteiger partial charge < -0.3 is 16.4 Å². The molecule has 2 aromatic rings. The van der Waals surface area contributed by atoms with Crippen molar-refractivity contribution >= 4 is 34.7 Å². The number of carbonyl (C=O) groups excluding carboxylic acids is 1. The van der Waals surface area contributed by atoms with Crippen LogP contribution >= 0.6 is 0 Å². The SMILES string of the molecule is CC(N)=N/N=C(\C)c1cccc(NC(=O)Nc2cccc(C3=NCCC3)c2)c1. The number of nitrogens with one attached hydrogen (secondary N) is 2. The zero-order chi connectivity index (χ0) is 19.9. The van der Waals surface area contributed by atoms with E-state index in [1.165, 1.54) is 0 Å². The summed E-state index contributed by atoms with van der Waals surface area (Å²) < 4.78 is 0. The molecule has 0 bridgehead atoms. The molecule has 0 atom stereocenters. The van der Waals surface area contributed by atoms with Gasteiger partial charge in [0.25, 0.3) is 0 Å². The van der Waals surface area contributed by atoms with E-state index in [1.807, 2.05) is 55.5 Å². The van der Waals surface area contributed by atoms with E-state index in [0.717, 1.165) is 41.9 Å². The van der Waals surface area contributed by atoms with Gasteiger partial charge in [-0.3, -0.25) is 4.99 Å². The van der Waals surface area contributed by atoms with Crippen LogP contribution in [0.5, 0.6) is 0 Å². The Morgan fingerprint density at radius 3 is 2.43 bits per heavy atom. The molecule has 0 aromatic heterocycles. The quantitative estimate of drug-likeness (QED) is 0.417. The Kier molecular flexibility index (Phi) is 6.16. The van der Waals surface area contributed by atoms with E-state index in [9.17, 15) is 4.79 Å². The lowest BCUT2D eigenvalue weighted by atomic mass is 10.1. The van der Waals surface area contributed by atoms with E-state index in [0.29, 0.717) is 17.2 Å². The number of nitrogens with zero attached hydrogens (tertiary/aromatic N) is 3. The van der Waals surface area contributed by atoms with Gasteiger partial charge in [-0.15, -0.1) is 5.10 Å². The summed E-state index contributed by atoms with van der Waals surface area (Å²) in [6.45, 7) is 4.39. The summed E-state index contributed by atoms with van der Waals surface area (Å²) in [5.41, 5.74) is 10.6. The van der Waals surface area contributed by atoms with Gasteiger partial charge in [-0.2, -0.15) is 5.10 Å². The van der Waals surface area contributed by atoms with Gasteiger partial charge in [-0.1, -0.05) is 24.3 Å². The average molecular weight is 376 g/mol. The number of benzene rings is 2. The first-order chi connectivity index (χ1) is 13.5. The molecule has 0 fully saturated rings. The molecule has 144 valence electrons. The molecule has 7 heteroatoms. The van der Waals surface area contributed by atoms with Crippen LogP contribution < -0.4 is 16.4 Å². The van der Waals surface area contributed by atoms with Crippen molar-refractivity contribution in [2.45, 2.75) is 26.7 Å². The molecule has 2 aromatic carbocycles. The number of carbonyl (C=O) groups is 1. The second kappa shape index (κ2) is 8.94. The number of rotatable bonds is 5. The maximum Gasteiger partial charge on any atom is 0.323 e. The molecule has 2 amide bonds. The van der Waals surface area contributed by atoms with Crippen molar-refractivity contribution in [3.63, 3.8) is 0 Å². The van der Waals surface area contributed by atoms with E-state index >= 15 is 0 Å². The lowest BCUT2D eigenvalue weighted by Crippen LogP contribution is -2.19. The molecule has 0 spiro atoms. The third kappa shape index (κ3) is 5.26. The maximum atomic E-state index is 12.4. The van der Waals surface area contributed by atoms with Crippen molar-refractivity contribution in [3.8, 4) is 0 Å². The van der Waals surface area contributed by atoms with Crippen LogP contribution in [0.2, 0.25) is 0 Å². The number of amides is 2. The average Bonchev–Trinajstić information content (AvgIpc) is 3.21. The van der Waals surface area contributed by atoms with Gasteiger partial charge in [0, 0.05) is 23.6 Å². The highest BCUT2D eigenvalue weighted by atomic mass is 16.2. The Bertz CT molecular complexity index is 957. The van der Waals surface area contributed by atoms with Crippen molar-refractivity contribution in [3.05, 3.63) is 59.7 Å². The standard InChI is InChI=1S/C21H24N6O/c1-14(26-27-15(2)22)16-6-3-8-18(12-16)24-21(28)25-19-9-4-7-17(13-19)20-10-5-11-23-20/h3-4,6-9,12-13H,5,10-11H2,1-2H3,(H2,22,27)(H2,24,25,28)/b26-14+. The third-order valence-electron chi connectivity index (χ3n) is 4.22. The second-order valence-electron chi connectivity index (χ2n) is 6.60. The van der Waals surface area contributed by atoms with Crippen LogP contribution in [0.3, 0.4) is 0 Å². The lowest BCUT2D eigenvalue weighted by Gasteiger charge is -2.10. The number of anilines is 2. The molecule has 0 radical (unpaired) electrons. The zero-order valence-corrected chi connectivity index (χ0v) is 16.1. The summed E-state index contributed by atoms with van der Waals surface area (Å²) in [7, 11) is 0. The van der Waals surface area contributed by atoms with E-state index in [4.69, 9.17) is 5.73 Å². The van der Waals surface area contributed by atoms with Crippen LogP contribution in [-0.4, -0.2) is 29.8 Å². The minimum atomic E-state index is -0.312. The summed E-state index contributed by atoms with van der Waals surface area (Å²) in [5.74, 6) is 0.388. The maximum absolute atomic E-state index is 12.4. The fraction of sp³-hybridized carbons (Fsp3) is 0.238. The summed E-state index contributed by atoms with van der Waals surface area (Å²) in [6.07, 6.45) is 2.07. The minimum Gasteiger partial charge on any atom is -0.386 e. The third-order valence-corrected chi connectivity index (χ3v) is 4.22. The van der Waals surface area contributed by atoms with Crippen LogP contribution in [0.1, 0.15) is 37.8 Å². The van der Waals surface area contributed by atoms with Crippen LogP contribution in [0, 0.1) is 0 Å². The molecule has 7 nitrogen and oxygen atoms in total. The van der Waals surface area contributed by atoms with Gasteiger partial charge in [0.05, 0.1) is 5.71 Å². The monoisotopic (exact) mass is 376 g/mol. The lowest BCUT2D eigenvalue weighted by molar-refractivity contribution is 0.262. The Morgan fingerprint density at radius 2 is 1.75 bits per heavy atom. The summed E-state index contributed by atoms with van der Waals surface area (Å²) in [5, 5.41) is 13.6. The molecule has 1 aliphatic rings. The van der Waals surface area contributed by atoms with Crippen molar-refractivity contribution in [1.29, 1.82) is 0 Å². The van der Waals surface area contributed by atoms with Gasteiger partial charge >= 0.3 is 6.03 Å². The van der Waals surface area contributed by atoms with Crippen LogP contribution in [0.25, 0.3) is 0 Å². The predicted octanol–water partition coefficient (Wildman–Crippen LogP) is 4.01. The number of aliphatic imine (C=N–C) groups is 1. The predicted molar refractivity (Wildman–Crippen MR) is 116 cm³/mol. The Hall–Kier alpha value is -3.48. The Morgan fingerprint density at radius 1 is 1.04 bits per heavy atom. The van der Waals surface area contributed by atoms with Gasteiger partial charge in [-0.25, -0.2) is 4.79 Å². The molecular weight excluding hydrogens is 352 g/mol. The first-order valence-corrected chi connectivity index (χ1v) is 9.18. The van der Waals surface area contributed by atoms with E-state index in [2.05, 4.69) is 25.8 Å². The largest absolute Gasteiger partial charge is 0.386 e. The molecule has 0 saturated carbocycles. The summed E-state index contributed by atoms with van der Waals surface area (Å²) in [4.78, 5) is 16.9. The topological polar surface area (TPSA) is 104 Å². The fourth-order valence-electron chi connectivity index (χ4n) is 2.88. The van der Waals surface area contributed by atoms with E-state index < -0.39 is 0 Å². The highest BCUT2D eigenvalue weighted by Crippen LogP contribution is 2.18. The van der Waals surface area contributed by atoms with Gasteiger partial charge in [0.1, 0.15) is 5.84 Å². The van der Waals surface area contributed by atoms with Crippen LogP contribution in [-0.2, 0) is 0 Å². The first-order valence-electron chi connectivity index (χ1n) is 9.18. The Balaban J connectivity index is 1.67. The van der Waals surface area contributed by atoms with Gasteiger partial charge in [0.2, 0.25) is 0 Å². The molecule has 28 heavy (non-hydrogen) atoms. The summed E-state index contributed by atoms with van der Waals surface area (Å²) in [6, 6.07) is 14.8. The minimum absolute atomic E-state index is 0.312. The summed E-state index contributed by atoms with van der Waals surface area (Å²) >= 11 is 0. The molecule has 0 saturated heterocycles. The van der Waals surface area contributed by atoms with Crippen LogP contribution in [0.4, 0.5) is 16.2 Å². The number of hydrogen-bond acceptors (Lipinski definition) is 4. The van der Waals surface area contributed by atoms with Crippen molar-refractivity contribution in [1.82, 2.24) is 0 Å². The van der Waals surface area contributed by atoms with Gasteiger partial charge in [-0.05, 0) is 62.1 Å².